The topological polar surface area (TPSA) is 124 Å². The van der Waals surface area contributed by atoms with Gasteiger partial charge in [0, 0.05) is 23.9 Å². The van der Waals surface area contributed by atoms with Crippen molar-refractivity contribution in [3.05, 3.63) is 64.7 Å². The minimum atomic E-state index is -1.37. The van der Waals surface area contributed by atoms with Gasteiger partial charge in [0.1, 0.15) is 18.1 Å². The van der Waals surface area contributed by atoms with Crippen LogP contribution in [0.2, 0.25) is 5.02 Å². The maximum Gasteiger partial charge on any atom is 0.325 e. The number of amides is 3. The fourth-order valence-corrected chi connectivity index (χ4v) is 9.28. The molecule has 9 nitrogen and oxygen atoms in total. The van der Waals surface area contributed by atoms with Gasteiger partial charge in [-0.3, -0.25) is 24.0 Å². The molecule has 2 aromatic carbocycles. The van der Waals surface area contributed by atoms with Crippen LogP contribution in [-0.2, 0) is 25.7 Å². The van der Waals surface area contributed by atoms with Crippen LogP contribution in [0.5, 0.6) is 0 Å². The first-order valence-corrected chi connectivity index (χ1v) is 16.3. The van der Waals surface area contributed by atoms with E-state index in [0.29, 0.717) is 40.4 Å². The molecule has 238 valence electrons. The smallest absolute Gasteiger partial charge is 0.325 e. The molecule has 4 bridgehead atoms. The van der Waals surface area contributed by atoms with Gasteiger partial charge in [-0.1, -0.05) is 41.9 Å². The van der Waals surface area contributed by atoms with Crippen molar-refractivity contribution >= 4 is 46.8 Å². The summed E-state index contributed by atoms with van der Waals surface area (Å²) in [7, 11) is 0. The summed E-state index contributed by atoms with van der Waals surface area (Å²) in [6, 6.07) is 10.3. The first-order valence-electron chi connectivity index (χ1n) is 15.9. The Morgan fingerprint density at radius 2 is 1.58 bits per heavy atom. The number of para-hydroxylation sites is 1. The van der Waals surface area contributed by atoms with E-state index < -0.39 is 41.7 Å². The molecule has 2 aromatic rings. The Hall–Kier alpha value is -3.72. The van der Waals surface area contributed by atoms with Gasteiger partial charge >= 0.3 is 5.97 Å². The number of nitrogens with zero attached hydrogens (tertiary/aromatic N) is 2. The number of carboxylic acid groups (broad SMARTS) is 1. The summed E-state index contributed by atoms with van der Waals surface area (Å²) in [4.78, 5) is 71.2. The molecule has 3 amide bonds. The molecule has 5 aliphatic rings. The van der Waals surface area contributed by atoms with E-state index in [-0.39, 0.29) is 29.9 Å². The Kier molecular flexibility index (Phi) is 8.50. The van der Waals surface area contributed by atoms with Gasteiger partial charge in [-0.2, -0.15) is 0 Å². The molecule has 4 aliphatic carbocycles. The molecule has 3 atom stereocenters. The molecule has 0 saturated heterocycles. The molecular weight excluding hydrogens is 594 g/mol. The van der Waals surface area contributed by atoms with E-state index in [1.165, 1.54) is 38.0 Å². The third-order valence-corrected chi connectivity index (χ3v) is 10.9. The number of aliphatic carboxylic acids is 1. The minimum Gasteiger partial charge on any atom is -0.480 e. The molecule has 10 heteroatoms. The largest absolute Gasteiger partial charge is 0.480 e. The van der Waals surface area contributed by atoms with E-state index in [1.807, 2.05) is 12.1 Å². The fraction of sp³-hybridized carbons (Fsp3) is 0.514. The number of carboxylic acids is 1. The van der Waals surface area contributed by atoms with Crippen molar-refractivity contribution in [2.75, 3.05) is 4.90 Å². The Morgan fingerprint density at radius 3 is 2.18 bits per heavy atom. The summed E-state index contributed by atoms with van der Waals surface area (Å²) in [5, 5.41) is 12.5. The number of benzene rings is 2. The number of Topliss-reactive ketones (excluding diaryl/α,β-unsaturated/α-hetero) is 1. The highest BCUT2D eigenvalue weighted by Gasteiger charge is 2.54. The van der Waals surface area contributed by atoms with Crippen molar-refractivity contribution in [3.8, 4) is 0 Å². The lowest BCUT2D eigenvalue weighted by atomic mass is 9.48. The summed E-state index contributed by atoms with van der Waals surface area (Å²) in [5.74, 6) is -1.57. The monoisotopic (exact) mass is 633 g/mol. The lowest BCUT2D eigenvalue weighted by Crippen LogP contribution is -2.61. The average molecular weight is 634 g/mol. The number of anilines is 1. The third kappa shape index (κ3) is 6.11. The standard InChI is InChI=1S/C35H40ClN3O6/c1-20(34(44)45)37-32(42)29-14-31(41)26-8-4-6-10-28(26)38(19-25-7-3-5-9-27(25)36)33(43)30(39(29)21(2)40)18-35-15-22-11-23(16-35)13-24(12-22)17-35/h3-10,20,22-24,29-30H,11-19H2,1-2H3,(H,37,42)(H,44,45)/t20-,22?,23?,24?,29-,30-,35?/m0/s1. The van der Waals surface area contributed by atoms with Crippen LogP contribution in [0.25, 0.3) is 0 Å². The van der Waals surface area contributed by atoms with Crippen LogP contribution in [0.1, 0.15) is 81.1 Å². The van der Waals surface area contributed by atoms with Crippen LogP contribution in [-0.4, -0.2) is 57.6 Å². The van der Waals surface area contributed by atoms with Crippen LogP contribution < -0.4 is 10.2 Å². The van der Waals surface area contributed by atoms with Crippen LogP contribution in [0.15, 0.2) is 48.5 Å². The Balaban J connectivity index is 1.49. The first kappa shape index (κ1) is 31.3. The number of nitrogens with one attached hydrogen (secondary N) is 1. The number of fused-ring (bicyclic) bond motifs is 1. The van der Waals surface area contributed by atoms with Crippen molar-refractivity contribution in [2.24, 2.45) is 23.2 Å². The van der Waals surface area contributed by atoms with Crippen molar-refractivity contribution in [1.29, 1.82) is 0 Å². The first-order chi connectivity index (χ1) is 21.4. The Labute approximate surface area is 268 Å². The Bertz CT molecular complexity index is 1510. The van der Waals surface area contributed by atoms with Gasteiger partial charge in [-0.05, 0) is 98.8 Å². The second-order valence-corrected chi connectivity index (χ2v) is 14.2. The van der Waals surface area contributed by atoms with Gasteiger partial charge in [0.2, 0.25) is 17.7 Å². The fourth-order valence-electron chi connectivity index (χ4n) is 9.09. The number of halogens is 1. The van der Waals surface area contributed by atoms with Gasteiger partial charge < -0.3 is 20.2 Å². The molecule has 0 unspecified atom stereocenters. The lowest BCUT2D eigenvalue weighted by Gasteiger charge is -2.58. The Morgan fingerprint density at radius 1 is 0.978 bits per heavy atom. The zero-order valence-corrected chi connectivity index (χ0v) is 26.5. The van der Waals surface area contributed by atoms with Crippen molar-refractivity contribution < 1.29 is 29.1 Å². The predicted molar refractivity (Wildman–Crippen MR) is 169 cm³/mol. The van der Waals surface area contributed by atoms with Gasteiger partial charge in [0.25, 0.3) is 0 Å². The van der Waals surface area contributed by atoms with Crippen LogP contribution in [0.3, 0.4) is 0 Å². The highest BCUT2D eigenvalue weighted by molar-refractivity contribution is 6.31. The van der Waals surface area contributed by atoms with Crippen molar-refractivity contribution in [2.45, 2.75) is 89.9 Å². The second-order valence-electron chi connectivity index (χ2n) is 13.8. The summed E-state index contributed by atoms with van der Waals surface area (Å²) in [5.41, 5.74) is 1.17. The summed E-state index contributed by atoms with van der Waals surface area (Å²) in [6.45, 7) is 2.71. The van der Waals surface area contributed by atoms with Gasteiger partial charge in [-0.25, -0.2) is 0 Å². The maximum atomic E-state index is 15.1. The molecule has 4 fully saturated rings. The number of carbonyl (C=O) groups is 5. The van der Waals surface area contributed by atoms with E-state index in [0.717, 1.165) is 19.3 Å². The van der Waals surface area contributed by atoms with Crippen LogP contribution in [0, 0.1) is 23.2 Å². The third-order valence-electron chi connectivity index (χ3n) is 10.6. The molecule has 45 heavy (non-hydrogen) atoms. The summed E-state index contributed by atoms with van der Waals surface area (Å²) in [6.07, 6.45) is 6.51. The van der Waals surface area contributed by atoms with Crippen LogP contribution in [0.4, 0.5) is 5.69 Å². The molecule has 7 rings (SSSR count). The number of rotatable bonds is 7. The van der Waals surface area contributed by atoms with E-state index in [9.17, 15) is 24.3 Å². The molecule has 4 saturated carbocycles. The van der Waals surface area contributed by atoms with E-state index >= 15 is 4.79 Å². The van der Waals surface area contributed by atoms with Crippen molar-refractivity contribution in [1.82, 2.24) is 10.2 Å². The number of carbonyl (C=O) groups excluding carboxylic acids is 4. The summed E-state index contributed by atoms with van der Waals surface area (Å²) >= 11 is 6.58. The van der Waals surface area contributed by atoms with E-state index in [4.69, 9.17) is 11.6 Å². The minimum absolute atomic E-state index is 0.0683. The number of ketones is 1. The molecule has 1 heterocycles. The molecule has 0 spiro atoms. The van der Waals surface area contributed by atoms with Crippen molar-refractivity contribution in [3.63, 3.8) is 0 Å². The highest BCUT2D eigenvalue weighted by atomic mass is 35.5. The lowest BCUT2D eigenvalue weighted by molar-refractivity contribution is -0.150. The van der Waals surface area contributed by atoms with E-state index in [1.54, 1.807) is 41.3 Å². The van der Waals surface area contributed by atoms with Gasteiger partial charge in [0.05, 0.1) is 12.2 Å². The zero-order valence-electron chi connectivity index (χ0n) is 25.7. The number of hydrogen-bond donors (Lipinski definition) is 2. The van der Waals surface area contributed by atoms with Gasteiger partial charge in [0.15, 0.2) is 5.78 Å². The average Bonchev–Trinajstić information content (AvgIpc) is 3.01. The second kappa shape index (κ2) is 12.2. The van der Waals surface area contributed by atoms with E-state index in [2.05, 4.69) is 5.32 Å². The zero-order chi connectivity index (χ0) is 32.0. The molecule has 0 radical (unpaired) electrons. The summed E-state index contributed by atoms with van der Waals surface area (Å²) < 4.78 is 0. The van der Waals surface area contributed by atoms with Gasteiger partial charge in [-0.15, -0.1) is 0 Å². The maximum absolute atomic E-state index is 15.1. The quantitative estimate of drug-likeness (QED) is 0.430. The van der Waals surface area contributed by atoms with Crippen LogP contribution >= 0.6 is 11.6 Å². The highest BCUT2D eigenvalue weighted by Crippen LogP contribution is 2.62. The SMILES string of the molecule is CC(=O)N1[C@H](C(=O)N[C@@H](C)C(=O)O)CC(=O)c2ccccc2N(Cc2ccccc2Cl)C(=O)[C@@H]1CC12CC3CC(CC(C3)C1)C2. The normalized spacial score (nSPS) is 29.8. The predicted octanol–water partition coefficient (Wildman–Crippen LogP) is 5.24. The molecule has 0 aromatic heterocycles. The number of hydrogen-bond acceptors (Lipinski definition) is 5. The molecule has 2 N–H and O–H groups in total. The molecule has 1 aliphatic heterocycles. The molecular formula is C35H40ClN3O6.